The van der Waals surface area contributed by atoms with Gasteiger partial charge in [-0.1, -0.05) is 0 Å². The summed E-state index contributed by atoms with van der Waals surface area (Å²) in [6.07, 6.45) is 0. The molecule has 1 aromatic carbocycles. The standard InChI is InChI=1S/C14H19N3O2/c1-8-14(11(6-15)17(2)3)9-4-12-13(19-7-18-12)5-10(9)16-8/h4-5,11,16H,6-7,15H2,1-3H3. The Labute approximate surface area is 112 Å². The van der Waals surface area contributed by atoms with Crippen LogP contribution < -0.4 is 15.2 Å². The van der Waals surface area contributed by atoms with Gasteiger partial charge in [-0.05, 0) is 32.6 Å². The molecular weight excluding hydrogens is 242 g/mol. The molecule has 5 nitrogen and oxygen atoms in total. The van der Waals surface area contributed by atoms with Crippen LogP contribution in [-0.2, 0) is 0 Å². The molecule has 3 rings (SSSR count). The number of hydrogen-bond donors (Lipinski definition) is 2. The second kappa shape index (κ2) is 4.43. The minimum Gasteiger partial charge on any atom is -0.454 e. The highest BCUT2D eigenvalue weighted by molar-refractivity contribution is 5.88. The fraction of sp³-hybridized carbons (Fsp3) is 0.429. The van der Waals surface area contributed by atoms with Crippen LogP contribution in [0, 0.1) is 6.92 Å². The molecular formula is C14H19N3O2. The number of nitrogens with zero attached hydrogens (tertiary/aromatic N) is 1. The molecule has 2 heterocycles. The molecule has 1 aromatic heterocycles. The average Bonchev–Trinajstić information content (AvgIpc) is 2.92. The largest absolute Gasteiger partial charge is 0.454 e. The molecule has 0 bridgehead atoms. The van der Waals surface area contributed by atoms with Crippen LogP contribution in [0.1, 0.15) is 17.3 Å². The van der Waals surface area contributed by atoms with Gasteiger partial charge in [0.15, 0.2) is 11.5 Å². The zero-order valence-corrected chi connectivity index (χ0v) is 11.5. The van der Waals surface area contributed by atoms with E-state index in [1.165, 1.54) is 5.56 Å². The summed E-state index contributed by atoms with van der Waals surface area (Å²) < 4.78 is 10.9. The molecule has 0 aliphatic carbocycles. The smallest absolute Gasteiger partial charge is 0.231 e. The molecule has 1 unspecified atom stereocenters. The van der Waals surface area contributed by atoms with Crippen LogP contribution in [-0.4, -0.2) is 37.3 Å². The monoisotopic (exact) mass is 261 g/mol. The van der Waals surface area contributed by atoms with E-state index in [4.69, 9.17) is 15.2 Å². The van der Waals surface area contributed by atoms with E-state index in [1.54, 1.807) is 0 Å². The summed E-state index contributed by atoms with van der Waals surface area (Å²) in [6.45, 7) is 2.95. The Morgan fingerprint density at radius 3 is 2.63 bits per heavy atom. The van der Waals surface area contributed by atoms with E-state index in [0.29, 0.717) is 13.3 Å². The van der Waals surface area contributed by atoms with Crippen molar-refractivity contribution in [1.29, 1.82) is 0 Å². The maximum absolute atomic E-state index is 5.93. The molecule has 1 atom stereocenters. The number of benzene rings is 1. The second-order valence-corrected chi connectivity index (χ2v) is 5.13. The van der Waals surface area contributed by atoms with Gasteiger partial charge < -0.3 is 25.1 Å². The lowest BCUT2D eigenvalue weighted by molar-refractivity contribution is 0.174. The van der Waals surface area contributed by atoms with Gasteiger partial charge in [0.05, 0.1) is 0 Å². The number of hydrogen-bond acceptors (Lipinski definition) is 4. The third kappa shape index (κ3) is 1.86. The molecule has 5 heteroatoms. The van der Waals surface area contributed by atoms with Crippen LogP contribution in [0.25, 0.3) is 10.9 Å². The molecule has 0 fully saturated rings. The molecule has 19 heavy (non-hydrogen) atoms. The van der Waals surface area contributed by atoms with E-state index in [9.17, 15) is 0 Å². The summed E-state index contributed by atoms with van der Waals surface area (Å²) in [5.41, 5.74) is 9.37. The van der Waals surface area contributed by atoms with Crippen molar-refractivity contribution in [2.75, 3.05) is 27.4 Å². The fourth-order valence-electron chi connectivity index (χ4n) is 2.76. The highest BCUT2D eigenvalue weighted by Crippen LogP contribution is 2.39. The van der Waals surface area contributed by atoms with Gasteiger partial charge in [-0.2, -0.15) is 0 Å². The van der Waals surface area contributed by atoms with Gasteiger partial charge in [0, 0.05) is 35.2 Å². The summed E-state index contributed by atoms with van der Waals surface area (Å²) in [5, 5.41) is 1.16. The van der Waals surface area contributed by atoms with E-state index in [2.05, 4.69) is 16.8 Å². The minimum absolute atomic E-state index is 0.189. The summed E-state index contributed by atoms with van der Waals surface area (Å²) in [5.74, 6) is 1.61. The topological polar surface area (TPSA) is 63.5 Å². The third-order valence-corrected chi connectivity index (χ3v) is 3.71. The van der Waals surface area contributed by atoms with Crippen molar-refractivity contribution in [2.24, 2.45) is 5.73 Å². The number of aromatic amines is 1. The number of nitrogens with one attached hydrogen (secondary N) is 1. The predicted molar refractivity (Wildman–Crippen MR) is 74.6 cm³/mol. The summed E-state index contributed by atoms with van der Waals surface area (Å²) in [6, 6.07) is 4.23. The van der Waals surface area contributed by atoms with Gasteiger partial charge in [-0.15, -0.1) is 0 Å². The Morgan fingerprint density at radius 2 is 2.00 bits per heavy atom. The van der Waals surface area contributed by atoms with Crippen LogP contribution in [0.5, 0.6) is 11.5 Å². The summed E-state index contributed by atoms with van der Waals surface area (Å²) >= 11 is 0. The second-order valence-electron chi connectivity index (χ2n) is 5.13. The summed E-state index contributed by atoms with van der Waals surface area (Å²) in [4.78, 5) is 5.55. The predicted octanol–water partition coefficient (Wildman–Crippen LogP) is 1.77. The molecule has 3 N–H and O–H groups in total. The number of fused-ring (bicyclic) bond motifs is 2. The Morgan fingerprint density at radius 1 is 1.32 bits per heavy atom. The SMILES string of the molecule is Cc1[nH]c2cc3c(cc2c1C(CN)N(C)C)OCO3. The Bertz CT molecular complexity index is 619. The highest BCUT2D eigenvalue weighted by atomic mass is 16.7. The van der Waals surface area contributed by atoms with Crippen molar-refractivity contribution in [3.8, 4) is 11.5 Å². The molecule has 0 amide bonds. The van der Waals surface area contributed by atoms with Crippen molar-refractivity contribution in [3.05, 3.63) is 23.4 Å². The van der Waals surface area contributed by atoms with Crippen LogP contribution in [0.15, 0.2) is 12.1 Å². The number of H-pyrrole nitrogens is 1. The van der Waals surface area contributed by atoms with Crippen molar-refractivity contribution in [1.82, 2.24) is 9.88 Å². The van der Waals surface area contributed by atoms with Crippen molar-refractivity contribution in [3.63, 3.8) is 0 Å². The molecule has 2 aromatic rings. The van der Waals surface area contributed by atoms with E-state index >= 15 is 0 Å². The molecule has 0 saturated heterocycles. The number of rotatable bonds is 3. The van der Waals surface area contributed by atoms with E-state index < -0.39 is 0 Å². The maximum Gasteiger partial charge on any atom is 0.231 e. The first-order chi connectivity index (χ1) is 9.11. The zero-order valence-electron chi connectivity index (χ0n) is 11.5. The number of aromatic nitrogens is 1. The molecule has 1 aliphatic heterocycles. The highest BCUT2D eigenvalue weighted by Gasteiger charge is 2.23. The quantitative estimate of drug-likeness (QED) is 0.884. The maximum atomic E-state index is 5.93. The first kappa shape index (κ1) is 12.3. The van der Waals surface area contributed by atoms with E-state index in [1.807, 2.05) is 26.2 Å². The Hall–Kier alpha value is -1.72. The van der Waals surface area contributed by atoms with Gasteiger partial charge in [0.2, 0.25) is 6.79 Å². The van der Waals surface area contributed by atoms with Crippen molar-refractivity contribution in [2.45, 2.75) is 13.0 Å². The lowest BCUT2D eigenvalue weighted by Gasteiger charge is -2.23. The summed E-state index contributed by atoms with van der Waals surface area (Å²) in [7, 11) is 4.09. The normalized spacial score (nSPS) is 15.4. The lowest BCUT2D eigenvalue weighted by atomic mass is 10.0. The van der Waals surface area contributed by atoms with Crippen molar-refractivity contribution < 1.29 is 9.47 Å². The fourth-order valence-corrected chi connectivity index (χ4v) is 2.76. The Balaban J connectivity index is 2.21. The number of likely N-dealkylation sites (N-methyl/N-ethyl adjacent to an activating group) is 1. The minimum atomic E-state index is 0.189. The number of nitrogens with two attached hydrogens (primary N) is 1. The van der Waals surface area contributed by atoms with Crippen LogP contribution >= 0.6 is 0 Å². The molecule has 102 valence electrons. The molecule has 0 radical (unpaired) electrons. The average molecular weight is 261 g/mol. The molecule has 0 spiro atoms. The third-order valence-electron chi connectivity index (χ3n) is 3.71. The molecule has 1 aliphatic rings. The lowest BCUT2D eigenvalue weighted by Crippen LogP contribution is -2.27. The zero-order chi connectivity index (χ0) is 13.6. The molecule has 0 saturated carbocycles. The van der Waals surface area contributed by atoms with E-state index in [0.717, 1.165) is 28.1 Å². The first-order valence-corrected chi connectivity index (χ1v) is 6.40. The first-order valence-electron chi connectivity index (χ1n) is 6.40. The Kier molecular flexibility index (Phi) is 2.88. The van der Waals surface area contributed by atoms with Gasteiger partial charge in [-0.25, -0.2) is 0 Å². The van der Waals surface area contributed by atoms with E-state index in [-0.39, 0.29) is 6.04 Å². The van der Waals surface area contributed by atoms with Crippen LogP contribution in [0.2, 0.25) is 0 Å². The van der Waals surface area contributed by atoms with Gasteiger partial charge in [0.25, 0.3) is 0 Å². The van der Waals surface area contributed by atoms with Gasteiger partial charge >= 0.3 is 0 Å². The number of ether oxygens (including phenoxy) is 2. The van der Waals surface area contributed by atoms with Crippen LogP contribution in [0.4, 0.5) is 0 Å². The number of aryl methyl sites for hydroxylation is 1. The van der Waals surface area contributed by atoms with Gasteiger partial charge in [0.1, 0.15) is 0 Å². The van der Waals surface area contributed by atoms with Crippen LogP contribution in [0.3, 0.4) is 0 Å². The van der Waals surface area contributed by atoms with Gasteiger partial charge in [-0.3, -0.25) is 0 Å². The van der Waals surface area contributed by atoms with Crippen molar-refractivity contribution >= 4 is 10.9 Å².